The summed E-state index contributed by atoms with van der Waals surface area (Å²) in [4.78, 5) is 10.3. The van der Waals surface area contributed by atoms with E-state index in [2.05, 4.69) is 5.32 Å². The highest BCUT2D eigenvalue weighted by Gasteiger charge is 2.13. The molecule has 0 aromatic heterocycles. The monoisotopic (exact) mass is 192 g/mol. The first-order valence-electron chi connectivity index (χ1n) is 3.51. The lowest BCUT2D eigenvalue weighted by atomic mass is 10.5. The summed E-state index contributed by atoms with van der Waals surface area (Å²) in [5.41, 5.74) is 4.94. The van der Waals surface area contributed by atoms with Crippen LogP contribution in [0.15, 0.2) is 0 Å². The molecule has 64 valence electrons. The van der Waals surface area contributed by atoms with E-state index < -0.39 is 6.03 Å². The molecule has 0 spiro atoms. The van der Waals surface area contributed by atoms with Crippen molar-refractivity contribution in [2.75, 3.05) is 23.8 Å². The summed E-state index contributed by atoms with van der Waals surface area (Å²) in [7, 11) is 0. The molecule has 1 fully saturated rings. The Morgan fingerprint density at radius 3 is 3.00 bits per heavy atom. The van der Waals surface area contributed by atoms with Gasteiger partial charge in [0.05, 0.1) is 0 Å². The normalized spacial score (nSPS) is 24.5. The van der Waals surface area contributed by atoms with E-state index in [1.807, 2.05) is 23.5 Å². The zero-order valence-electron chi connectivity index (χ0n) is 6.21. The Hall–Kier alpha value is -0.0300. The average Bonchev–Trinajstić information content (AvgIpc) is 2.03. The van der Waals surface area contributed by atoms with Gasteiger partial charge in [0.15, 0.2) is 0 Å². The maximum atomic E-state index is 10.3. The molecular formula is C6H12N2OS2. The van der Waals surface area contributed by atoms with Crippen LogP contribution in [0.4, 0.5) is 4.79 Å². The molecule has 0 aromatic carbocycles. The quantitative estimate of drug-likeness (QED) is 0.670. The average molecular weight is 192 g/mol. The molecule has 2 amide bonds. The Morgan fingerprint density at radius 2 is 2.45 bits per heavy atom. The first-order chi connectivity index (χ1) is 5.29. The number of rotatable bonds is 2. The minimum atomic E-state index is -0.416. The van der Waals surface area contributed by atoms with Crippen LogP contribution in [-0.2, 0) is 0 Å². The summed E-state index contributed by atoms with van der Waals surface area (Å²) in [5.74, 6) is 3.55. The Kier molecular flexibility index (Phi) is 3.93. The summed E-state index contributed by atoms with van der Waals surface area (Å²) in [5, 5.41) is 3.18. The molecule has 1 heterocycles. The zero-order chi connectivity index (χ0) is 8.10. The van der Waals surface area contributed by atoms with Gasteiger partial charge in [-0.25, -0.2) is 4.79 Å². The van der Waals surface area contributed by atoms with Gasteiger partial charge in [-0.3, -0.25) is 0 Å². The Balaban J connectivity index is 2.09. The van der Waals surface area contributed by atoms with E-state index >= 15 is 0 Å². The van der Waals surface area contributed by atoms with Crippen LogP contribution >= 0.6 is 23.5 Å². The summed E-state index contributed by atoms with van der Waals surface area (Å²) in [6.45, 7) is 0.715. The maximum absolute atomic E-state index is 10.3. The van der Waals surface area contributed by atoms with E-state index in [1.54, 1.807) is 0 Å². The van der Waals surface area contributed by atoms with Gasteiger partial charge in [0.25, 0.3) is 0 Å². The van der Waals surface area contributed by atoms with Crippen molar-refractivity contribution >= 4 is 29.6 Å². The van der Waals surface area contributed by atoms with Crippen LogP contribution in [0.25, 0.3) is 0 Å². The van der Waals surface area contributed by atoms with Gasteiger partial charge in [-0.15, -0.1) is 0 Å². The molecule has 0 saturated carbocycles. The molecule has 0 aliphatic carbocycles. The van der Waals surface area contributed by atoms with Crippen LogP contribution in [0.1, 0.15) is 0 Å². The van der Waals surface area contributed by atoms with Crippen LogP contribution < -0.4 is 11.1 Å². The standard InChI is InChI=1S/C6H12N2OS2/c7-6(9)8-3-5-4-10-1-2-11-5/h5H,1-4H2,(H3,7,8,9). The third-order valence-electron chi connectivity index (χ3n) is 1.39. The number of carbonyl (C=O) groups excluding carboxylic acids is 1. The molecule has 11 heavy (non-hydrogen) atoms. The molecule has 3 N–H and O–H groups in total. The second-order valence-electron chi connectivity index (χ2n) is 2.31. The van der Waals surface area contributed by atoms with Crippen molar-refractivity contribution in [2.45, 2.75) is 5.25 Å². The van der Waals surface area contributed by atoms with Crippen LogP contribution in [0.3, 0.4) is 0 Å². The fourth-order valence-electron chi connectivity index (χ4n) is 0.869. The summed E-state index contributed by atoms with van der Waals surface area (Å²) >= 11 is 3.86. The van der Waals surface area contributed by atoms with Crippen LogP contribution in [0.2, 0.25) is 0 Å². The number of urea groups is 1. The van der Waals surface area contributed by atoms with E-state index in [0.717, 1.165) is 5.75 Å². The highest BCUT2D eigenvalue weighted by molar-refractivity contribution is 8.06. The largest absolute Gasteiger partial charge is 0.352 e. The van der Waals surface area contributed by atoms with Crippen molar-refractivity contribution in [1.82, 2.24) is 5.32 Å². The predicted molar refractivity (Wildman–Crippen MR) is 51.2 cm³/mol. The smallest absolute Gasteiger partial charge is 0.312 e. The predicted octanol–water partition coefficient (Wildman–Crippen LogP) is 0.503. The third kappa shape index (κ3) is 3.76. The van der Waals surface area contributed by atoms with E-state index in [9.17, 15) is 4.79 Å². The molecule has 5 heteroatoms. The lowest BCUT2D eigenvalue weighted by molar-refractivity contribution is 0.249. The van der Waals surface area contributed by atoms with Crippen LogP contribution in [0, 0.1) is 0 Å². The molecule has 1 unspecified atom stereocenters. The molecule has 3 nitrogen and oxygen atoms in total. The summed E-state index contributed by atoms with van der Waals surface area (Å²) in [6, 6.07) is -0.416. The second kappa shape index (κ2) is 4.77. The van der Waals surface area contributed by atoms with Gasteiger partial charge < -0.3 is 11.1 Å². The lowest BCUT2D eigenvalue weighted by Crippen LogP contribution is -2.36. The highest BCUT2D eigenvalue weighted by atomic mass is 32.2. The molecule has 0 bridgehead atoms. The molecule has 1 atom stereocenters. The first kappa shape index (κ1) is 9.06. The van der Waals surface area contributed by atoms with Gasteiger partial charge in [-0.05, 0) is 0 Å². The molecule has 1 aliphatic heterocycles. The number of hydrogen-bond acceptors (Lipinski definition) is 3. The van der Waals surface area contributed by atoms with E-state index in [0.29, 0.717) is 11.8 Å². The molecule has 1 rings (SSSR count). The van der Waals surface area contributed by atoms with Crippen LogP contribution in [0.5, 0.6) is 0 Å². The fraction of sp³-hybridized carbons (Fsp3) is 0.833. The lowest BCUT2D eigenvalue weighted by Gasteiger charge is -2.20. The third-order valence-corrected chi connectivity index (χ3v) is 4.23. The van der Waals surface area contributed by atoms with Crippen molar-refractivity contribution in [3.05, 3.63) is 0 Å². The SMILES string of the molecule is NC(=O)NCC1CSCCS1. The second-order valence-corrected chi connectivity index (χ2v) is 4.87. The number of hydrogen-bond donors (Lipinski definition) is 2. The Labute approximate surface area is 74.9 Å². The van der Waals surface area contributed by atoms with Gasteiger partial charge in [0, 0.05) is 29.1 Å². The van der Waals surface area contributed by atoms with E-state index in [4.69, 9.17) is 5.73 Å². The van der Waals surface area contributed by atoms with Crippen molar-refractivity contribution in [3.8, 4) is 0 Å². The fourth-order valence-corrected chi connectivity index (χ4v) is 3.48. The minimum Gasteiger partial charge on any atom is -0.352 e. The van der Waals surface area contributed by atoms with E-state index in [1.165, 1.54) is 11.5 Å². The number of carbonyl (C=O) groups is 1. The minimum absolute atomic E-state index is 0.416. The zero-order valence-corrected chi connectivity index (χ0v) is 7.84. The van der Waals surface area contributed by atoms with Gasteiger partial charge in [-0.1, -0.05) is 0 Å². The van der Waals surface area contributed by atoms with E-state index in [-0.39, 0.29) is 0 Å². The number of nitrogens with one attached hydrogen (secondary N) is 1. The molecule has 0 radical (unpaired) electrons. The summed E-state index contributed by atoms with van der Waals surface area (Å²) < 4.78 is 0. The van der Waals surface area contributed by atoms with Crippen molar-refractivity contribution in [1.29, 1.82) is 0 Å². The first-order valence-corrected chi connectivity index (χ1v) is 5.72. The molecular weight excluding hydrogens is 180 g/mol. The van der Waals surface area contributed by atoms with Crippen LogP contribution in [-0.4, -0.2) is 35.1 Å². The maximum Gasteiger partial charge on any atom is 0.312 e. The van der Waals surface area contributed by atoms with Crippen molar-refractivity contribution in [3.63, 3.8) is 0 Å². The molecule has 0 aromatic rings. The van der Waals surface area contributed by atoms with Gasteiger partial charge in [0.2, 0.25) is 0 Å². The van der Waals surface area contributed by atoms with Crippen molar-refractivity contribution in [2.24, 2.45) is 5.73 Å². The number of primary amides is 1. The number of thioether (sulfide) groups is 2. The van der Waals surface area contributed by atoms with Gasteiger partial charge >= 0.3 is 6.03 Å². The van der Waals surface area contributed by atoms with Gasteiger partial charge in [0.1, 0.15) is 0 Å². The molecule has 1 saturated heterocycles. The molecule has 1 aliphatic rings. The van der Waals surface area contributed by atoms with Crippen molar-refractivity contribution < 1.29 is 4.79 Å². The number of amides is 2. The summed E-state index contributed by atoms with van der Waals surface area (Å²) in [6.07, 6.45) is 0. The number of nitrogens with two attached hydrogens (primary N) is 1. The Morgan fingerprint density at radius 1 is 1.64 bits per heavy atom. The topological polar surface area (TPSA) is 55.1 Å². The highest BCUT2D eigenvalue weighted by Crippen LogP contribution is 2.22. The Bertz CT molecular complexity index is 137. The van der Waals surface area contributed by atoms with Gasteiger partial charge in [-0.2, -0.15) is 23.5 Å².